The van der Waals surface area contributed by atoms with Crippen molar-refractivity contribution < 1.29 is 9.26 Å². The van der Waals surface area contributed by atoms with E-state index in [0.29, 0.717) is 24.1 Å². The van der Waals surface area contributed by atoms with Crippen molar-refractivity contribution in [2.24, 2.45) is 4.99 Å². The third-order valence-corrected chi connectivity index (χ3v) is 3.45. The number of hydrogen-bond acceptors (Lipinski definition) is 4. The third-order valence-electron chi connectivity index (χ3n) is 3.10. The van der Waals surface area contributed by atoms with Crippen LogP contribution in [0.3, 0.4) is 0 Å². The Morgan fingerprint density at radius 2 is 2.23 bits per heavy atom. The van der Waals surface area contributed by atoms with Crippen LogP contribution < -0.4 is 15.4 Å². The second-order valence-corrected chi connectivity index (χ2v) is 4.96. The number of ether oxygens (including phenoxy) is 1. The van der Waals surface area contributed by atoms with Gasteiger partial charge in [-0.25, -0.2) is 0 Å². The lowest BCUT2D eigenvalue weighted by Gasteiger charge is -2.11. The normalized spacial score (nSPS) is 11.3. The molecule has 0 bridgehead atoms. The van der Waals surface area contributed by atoms with Crippen molar-refractivity contribution in [3.63, 3.8) is 0 Å². The van der Waals surface area contributed by atoms with Gasteiger partial charge in [0.15, 0.2) is 5.96 Å². The number of aliphatic imine (C=N–C) groups is 1. The van der Waals surface area contributed by atoms with Crippen LogP contribution in [0.1, 0.15) is 11.3 Å². The number of halogens is 1. The summed E-state index contributed by atoms with van der Waals surface area (Å²) in [6.45, 7) is 1.27. The Hall–Kier alpha value is -2.21. The summed E-state index contributed by atoms with van der Waals surface area (Å²) in [6, 6.07) is 7.49. The van der Waals surface area contributed by atoms with Crippen LogP contribution in [0.2, 0.25) is 5.02 Å². The monoisotopic (exact) mass is 322 g/mol. The van der Waals surface area contributed by atoms with Gasteiger partial charge in [0.1, 0.15) is 17.7 Å². The lowest BCUT2D eigenvalue weighted by molar-refractivity contribution is 0.410. The molecule has 118 valence electrons. The Bertz CT molecular complexity index is 614. The number of nitrogens with zero attached hydrogens (tertiary/aromatic N) is 2. The average molecular weight is 323 g/mol. The first-order chi connectivity index (χ1) is 10.7. The fraction of sp³-hybridized carbons (Fsp3) is 0.333. The van der Waals surface area contributed by atoms with Gasteiger partial charge in [0, 0.05) is 24.7 Å². The summed E-state index contributed by atoms with van der Waals surface area (Å²) in [4.78, 5) is 4.15. The Kier molecular flexibility index (Phi) is 6.09. The maximum absolute atomic E-state index is 6.21. The van der Waals surface area contributed by atoms with Crippen molar-refractivity contribution in [1.82, 2.24) is 15.8 Å². The summed E-state index contributed by atoms with van der Waals surface area (Å²) in [5.74, 6) is 1.46. The zero-order chi connectivity index (χ0) is 15.8. The summed E-state index contributed by atoms with van der Waals surface area (Å²) in [6.07, 6.45) is 2.33. The van der Waals surface area contributed by atoms with Crippen LogP contribution in [-0.2, 0) is 13.0 Å². The van der Waals surface area contributed by atoms with Crippen molar-refractivity contribution in [2.75, 3.05) is 20.7 Å². The zero-order valence-electron chi connectivity index (χ0n) is 12.6. The fourth-order valence-corrected chi connectivity index (χ4v) is 2.16. The molecule has 0 aliphatic rings. The molecule has 22 heavy (non-hydrogen) atoms. The number of rotatable bonds is 6. The summed E-state index contributed by atoms with van der Waals surface area (Å²) in [5.41, 5.74) is 1.88. The molecule has 7 heteroatoms. The molecule has 0 spiro atoms. The molecule has 1 aromatic heterocycles. The standard InChI is InChI=1S/C15H19ClN4O2/c1-17-15(19-10-12-6-8-22-20-12)18-7-5-11-3-4-13(21-2)9-14(11)16/h3-4,6,8-9H,5,7,10H2,1-2H3,(H2,17,18,19). The van der Waals surface area contributed by atoms with Crippen molar-refractivity contribution >= 4 is 17.6 Å². The van der Waals surface area contributed by atoms with Crippen molar-refractivity contribution in [1.29, 1.82) is 0 Å². The van der Waals surface area contributed by atoms with E-state index in [-0.39, 0.29) is 0 Å². The molecule has 0 unspecified atom stereocenters. The SMILES string of the molecule is CN=C(NCCc1ccc(OC)cc1Cl)NCc1ccon1. The van der Waals surface area contributed by atoms with E-state index in [1.807, 2.05) is 18.2 Å². The van der Waals surface area contributed by atoms with E-state index < -0.39 is 0 Å². The largest absolute Gasteiger partial charge is 0.497 e. The predicted octanol–water partition coefficient (Wildman–Crippen LogP) is 2.24. The molecule has 2 rings (SSSR count). The second-order valence-electron chi connectivity index (χ2n) is 4.55. The van der Waals surface area contributed by atoms with Gasteiger partial charge in [0.05, 0.1) is 13.7 Å². The Morgan fingerprint density at radius 1 is 1.36 bits per heavy atom. The molecular weight excluding hydrogens is 304 g/mol. The molecule has 2 N–H and O–H groups in total. The summed E-state index contributed by atoms with van der Waals surface area (Å²) in [5, 5.41) is 10.9. The molecule has 6 nitrogen and oxygen atoms in total. The molecule has 0 saturated heterocycles. The summed E-state index contributed by atoms with van der Waals surface area (Å²) < 4.78 is 9.91. The van der Waals surface area contributed by atoms with Gasteiger partial charge in [-0.15, -0.1) is 0 Å². The minimum Gasteiger partial charge on any atom is -0.497 e. The molecule has 2 aromatic rings. The van der Waals surface area contributed by atoms with Gasteiger partial charge in [-0.2, -0.15) is 0 Å². The fourth-order valence-electron chi connectivity index (χ4n) is 1.90. The van der Waals surface area contributed by atoms with E-state index in [0.717, 1.165) is 23.4 Å². The number of guanidine groups is 1. The molecule has 0 aliphatic carbocycles. The second kappa shape index (κ2) is 8.29. The topological polar surface area (TPSA) is 71.7 Å². The van der Waals surface area contributed by atoms with Crippen LogP contribution in [0.4, 0.5) is 0 Å². The molecular formula is C15H19ClN4O2. The first kappa shape index (κ1) is 16.2. The Labute approximate surface area is 134 Å². The van der Waals surface area contributed by atoms with Gasteiger partial charge in [-0.1, -0.05) is 22.8 Å². The molecule has 0 saturated carbocycles. The minimum atomic E-state index is 0.555. The van der Waals surface area contributed by atoms with Gasteiger partial charge in [0.2, 0.25) is 0 Å². The van der Waals surface area contributed by atoms with Crippen LogP contribution in [0.25, 0.3) is 0 Å². The van der Waals surface area contributed by atoms with E-state index >= 15 is 0 Å². The molecule has 0 fully saturated rings. The van der Waals surface area contributed by atoms with E-state index in [9.17, 15) is 0 Å². The van der Waals surface area contributed by atoms with E-state index in [2.05, 4.69) is 20.8 Å². The van der Waals surface area contributed by atoms with Gasteiger partial charge >= 0.3 is 0 Å². The number of benzene rings is 1. The highest BCUT2D eigenvalue weighted by Crippen LogP contribution is 2.22. The van der Waals surface area contributed by atoms with Crippen LogP contribution in [0.15, 0.2) is 40.0 Å². The Morgan fingerprint density at radius 3 is 2.86 bits per heavy atom. The summed E-state index contributed by atoms with van der Waals surface area (Å²) >= 11 is 6.21. The average Bonchev–Trinajstić information content (AvgIpc) is 3.05. The number of nitrogens with one attached hydrogen (secondary N) is 2. The van der Waals surface area contributed by atoms with E-state index in [1.54, 1.807) is 26.5 Å². The van der Waals surface area contributed by atoms with Crippen molar-refractivity contribution in [3.8, 4) is 5.75 Å². The van der Waals surface area contributed by atoms with E-state index in [1.165, 1.54) is 0 Å². The maximum atomic E-state index is 6.21. The number of aromatic nitrogens is 1. The van der Waals surface area contributed by atoms with Crippen molar-refractivity contribution in [2.45, 2.75) is 13.0 Å². The number of methoxy groups -OCH3 is 1. The lowest BCUT2D eigenvalue weighted by Crippen LogP contribution is -2.37. The first-order valence-corrected chi connectivity index (χ1v) is 7.27. The van der Waals surface area contributed by atoms with Gasteiger partial charge < -0.3 is 19.9 Å². The smallest absolute Gasteiger partial charge is 0.191 e. The van der Waals surface area contributed by atoms with Crippen LogP contribution in [0.5, 0.6) is 5.75 Å². The molecule has 0 amide bonds. The highest BCUT2D eigenvalue weighted by molar-refractivity contribution is 6.31. The predicted molar refractivity (Wildman–Crippen MR) is 86.4 cm³/mol. The molecule has 0 aliphatic heterocycles. The minimum absolute atomic E-state index is 0.555. The lowest BCUT2D eigenvalue weighted by atomic mass is 10.1. The van der Waals surface area contributed by atoms with Gasteiger partial charge in [-0.3, -0.25) is 4.99 Å². The quantitative estimate of drug-likeness (QED) is 0.630. The molecule has 1 heterocycles. The van der Waals surface area contributed by atoms with Crippen molar-refractivity contribution in [3.05, 3.63) is 46.8 Å². The highest BCUT2D eigenvalue weighted by Gasteiger charge is 2.04. The Balaban J connectivity index is 1.79. The van der Waals surface area contributed by atoms with E-state index in [4.69, 9.17) is 20.9 Å². The maximum Gasteiger partial charge on any atom is 0.191 e. The molecule has 1 aromatic carbocycles. The highest BCUT2D eigenvalue weighted by atomic mass is 35.5. The van der Waals surface area contributed by atoms with Crippen LogP contribution in [-0.4, -0.2) is 31.8 Å². The van der Waals surface area contributed by atoms with Crippen LogP contribution in [0, 0.1) is 0 Å². The van der Waals surface area contributed by atoms with Gasteiger partial charge in [0.25, 0.3) is 0 Å². The molecule has 0 radical (unpaired) electrons. The van der Waals surface area contributed by atoms with Gasteiger partial charge in [-0.05, 0) is 24.1 Å². The van der Waals surface area contributed by atoms with Crippen LogP contribution >= 0.6 is 11.6 Å². The molecule has 0 atom stereocenters. The first-order valence-electron chi connectivity index (χ1n) is 6.89. The third kappa shape index (κ3) is 4.66. The summed E-state index contributed by atoms with van der Waals surface area (Å²) in [7, 11) is 3.34. The number of hydrogen-bond donors (Lipinski definition) is 2. The zero-order valence-corrected chi connectivity index (χ0v) is 13.4.